The SMILES string of the molecule is CCC1CCC(N(C)C(=O)NCC[C@H](O)C(=O)O)CC1. The van der Waals surface area contributed by atoms with E-state index < -0.39 is 12.1 Å². The third-order valence-electron chi connectivity index (χ3n) is 4.24. The number of aliphatic hydroxyl groups excluding tert-OH is 1. The van der Waals surface area contributed by atoms with E-state index in [2.05, 4.69) is 12.2 Å². The minimum absolute atomic E-state index is 0.0253. The highest BCUT2D eigenvalue weighted by molar-refractivity contribution is 5.74. The molecule has 6 heteroatoms. The summed E-state index contributed by atoms with van der Waals surface area (Å²) in [5.41, 5.74) is 0. The smallest absolute Gasteiger partial charge is 0.332 e. The molecule has 0 unspecified atom stereocenters. The van der Waals surface area contributed by atoms with Gasteiger partial charge in [-0.1, -0.05) is 13.3 Å². The molecule has 0 aromatic rings. The Balaban J connectivity index is 2.27. The highest BCUT2D eigenvalue weighted by Crippen LogP contribution is 2.28. The van der Waals surface area contributed by atoms with Gasteiger partial charge in [-0.15, -0.1) is 0 Å². The third kappa shape index (κ3) is 5.00. The number of amides is 2. The van der Waals surface area contributed by atoms with E-state index in [-0.39, 0.29) is 25.0 Å². The maximum absolute atomic E-state index is 11.9. The second-order valence-electron chi connectivity index (χ2n) is 5.57. The monoisotopic (exact) mass is 286 g/mol. The van der Waals surface area contributed by atoms with Crippen LogP contribution in [-0.2, 0) is 4.79 Å². The molecule has 3 N–H and O–H groups in total. The number of aliphatic carboxylic acids is 1. The van der Waals surface area contributed by atoms with Crippen LogP contribution in [0.5, 0.6) is 0 Å². The molecule has 1 aliphatic carbocycles. The van der Waals surface area contributed by atoms with E-state index in [0.717, 1.165) is 31.6 Å². The van der Waals surface area contributed by atoms with E-state index >= 15 is 0 Å². The predicted molar refractivity (Wildman–Crippen MR) is 75.5 cm³/mol. The summed E-state index contributed by atoms with van der Waals surface area (Å²) in [6.45, 7) is 2.37. The van der Waals surface area contributed by atoms with Gasteiger partial charge in [0, 0.05) is 26.1 Å². The summed E-state index contributed by atoms with van der Waals surface area (Å²) < 4.78 is 0. The standard InChI is InChI=1S/C14H26N2O4/c1-3-10-4-6-11(7-5-10)16(2)14(20)15-9-8-12(17)13(18)19/h10-12,17H,3-9H2,1-2H3,(H,15,20)(H,18,19)/t10?,11?,12-/m0/s1. The zero-order valence-corrected chi connectivity index (χ0v) is 12.3. The Kier molecular flexibility index (Phi) is 6.78. The number of urea groups is 1. The van der Waals surface area contributed by atoms with Crippen molar-refractivity contribution in [3.8, 4) is 0 Å². The minimum Gasteiger partial charge on any atom is -0.479 e. The summed E-state index contributed by atoms with van der Waals surface area (Å²) in [5.74, 6) is -0.473. The van der Waals surface area contributed by atoms with E-state index in [9.17, 15) is 9.59 Å². The summed E-state index contributed by atoms with van der Waals surface area (Å²) in [7, 11) is 1.78. The van der Waals surface area contributed by atoms with Gasteiger partial charge in [-0.2, -0.15) is 0 Å². The second-order valence-corrected chi connectivity index (χ2v) is 5.57. The van der Waals surface area contributed by atoms with Gasteiger partial charge in [-0.3, -0.25) is 0 Å². The molecule has 0 spiro atoms. The number of carbonyl (C=O) groups is 2. The number of hydrogen-bond donors (Lipinski definition) is 3. The van der Waals surface area contributed by atoms with Crippen LogP contribution in [0.2, 0.25) is 0 Å². The third-order valence-corrected chi connectivity index (χ3v) is 4.24. The number of carboxylic acid groups (broad SMARTS) is 1. The van der Waals surface area contributed by atoms with Gasteiger partial charge < -0.3 is 20.4 Å². The molecule has 0 bridgehead atoms. The number of rotatable bonds is 6. The van der Waals surface area contributed by atoms with Gasteiger partial charge in [0.15, 0.2) is 6.10 Å². The molecular formula is C14H26N2O4. The Morgan fingerprint density at radius 2 is 1.90 bits per heavy atom. The summed E-state index contributed by atoms with van der Waals surface area (Å²) in [5, 5.41) is 20.3. The zero-order valence-electron chi connectivity index (χ0n) is 12.3. The Morgan fingerprint density at radius 3 is 2.40 bits per heavy atom. The Morgan fingerprint density at radius 1 is 1.30 bits per heavy atom. The number of nitrogens with zero attached hydrogens (tertiary/aromatic N) is 1. The molecule has 1 rings (SSSR count). The van der Waals surface area contributed by atoms with Crippen molar-refractivity contribution in [2.75, 3.05) is 13.6 Å². The van der Waals surface area contributed by atoms with E-state index in [4.69, 9.17) is 10.2 Å². The predicted octanol–water partition coefficient (Wildman–Crippen LogP) is 1.43. The fraction of sp³-hybridized carbons (Fsp3) is 0.857. The Hall–Kier alpha value is -1.30. The van der Waals surface area contributed by atoms with Crippen molar-refractivity contribution in [1.82, 2.24) is 10.2 Å². The number of hydrogen-bond acceptors (Lipinski definition) is 3. The molecule has 20 heavy (non-hydrogen) atoms. The molecule has 1 fully saturated rings. The molecule has 0 heterocycles. The van der Waals surface area contributed by atoms with Crippen molar-refractivity contribution in [1.29, 1.82) is 0 Å². The van der Waals surface area contributed by atoms with Gasteiger partial charge in [0.25, 0.3) is 0 Å². The summed E-state index contributed by atoms with van der Waals surface area (Å²) in [6, 6.07) is 0.0738. The van der Waals surface area contributed by atoms with E-state index in [0.29, 0.717) is 0 Å². The molecule has 116 valence electrons. The highest BCUT2D eigenvalue weighted by atomic mass is 16.4. The lowest BCUT2D eigenvalue weighted by atomic mass is 9.84. The largest absolute Gasteiger partial charge is 0.479 e. The van der Waals surface area contributed by atoms with Crippen molar-refractivity contribution in [2.45, 2.75) is 57.6 Å². The van der Waals surface area contributed by atoms with Crippen molar-refractivity contribution in [3.05, 3.63) is 0 Å². The first-order chi connectivity index (χ1) is 9.45. The lowest BCUT2D eigenvalue weighted by Gasteiger charge is -2.34. The lowest BCUT2D eigenvalue weighted by molar-refractivity contribution is -0.146. The van der Waals surface area contributed by atoms with Gasteiger partial charge >= 0.3 is 12.0 Å². The average Bonchev–Trinajstić information content (AvgIpc) is 2.46. The maximum Gasteiger partial charge on any atom is 0.332 e. The average molecular weight is 286 g/mol. The number of carbonyl (C=O) groups excluding carboxylic acids is 1. The first-order valence-corrected chi connectivity index (χ1v) is 7.37. The molecule has 6 nitrogen and oxygen atoms in total. The summed E-state index contributed by atoms with van der Waals surface area (Å²) in [6.07, 6.45) is 4.20. The van der Waals surface area contributed by atoms with Gasteiger partial charge in [-0.05, 0) is 31.6 Å². The van der Waals surface area contributed by atoms with E-state index in [1.165, 1.54) is 6.42 Å². The first kappa shape index (κ1) is 16.8. The number of nitrogens with one attached hydrogen (secondary N) is 1. The quantitative estimate of drug-likeness (QED) is 0.689. The molecule has 0 radical (unpaired) electrons. The topological polar surface area (TPSA) is 89.9 Å². The van der Waals surface area contributed by atoms with Crippen LogP contribution in [0.1, 0.15) is 45.4 Å². The van der Waals surface area contributed by atoms with Crippen molar-refractivity contribution in [3.63, 3.8) is 0 Å². The van der Waals surface area contributed by atoms with Crippen LogP contribution < -0.4 is 5.32 Å². The van der Waals surface area contributed by atoms with Crippen LogP contribution in [0.15, 0.2) is 0 Å². The summed E-state index contributed by atoms with van der Waals surface area (Å²) in [4.78, 5) is 24.1. The molecule has 0 aromatic heterocycles. The van der Waals surface area contributed by atoms with Crippen LogP contribution in [-0.4, -0.2) is 52.9 Å². The molecule has 0 saturated heterocycles. The fourth-order valence-electron chi connectivity index (χ4n) is 2.67. The first-order valence-electron chi connectivity index (χ1n) is 7.37. The van der Waals surface area contributed by atoms with Crippen molar-refractivity contribution in [2.24, 2.45) is 5.92 Å². The van der Waals surface area contributed by atoms with Crippen LogP contribution in [0, 0.1) is 5.92 Å². The Labute approximate surface area is 120 Å². The van der Waals surface area contributed by atoms with Crippen LogP contribution in [0.25, 0.3) is 0 Å². The van der Waals surface area contributed by atoms with E-state index in [1.807, 2.05) is 0 Å². The van der Waals surface area contributed by atoms with Gasteiger partial charge in [0.2, 0.25) is 0 Å². The Bertz CT molecular complexity index is 327. The lowest BCUT2D eigenvalue weighted by Crippen LogP contribution is -2.45. The highest BCUT2D eigenvalue weighted by Gasteiger charge is 2.25. The van der Waals surface area contributed by atoms with Crippen molar-refractivity contribution < 1.29 is 19.8 Å². The number of carboxylic acids is 1. The van der Waals surface area contributed by atoms with Gasteiger partial charge in [0.1, 0.15) is 0 Å². The zero-order chi connectivity index (χ0) is 15.1. The van der Waals surface area contributed by atoms with Gasteiger partial charge in [-0.25, -0.2) is 9.59 Å². The van der Waals surface area contributed by atoms with Gasteiger partial charge in [0.05, 0.1) is 0 Å². The molecule has 1 saturated carbocycles. The molecule has 2 amide bonds. The molecular weight excluding hydrogens is 260 g/mol. The fourth-order valence-corrected chi connectivity index (χ4v) is 2.67. The second kappa shape index (κ2) is 8.09. The molecule has 0 aromatic carbocycles. The minimum atomic E-state index is -1.42. The molecule has 0 aliphatic heterocycles. The van der Waals surface area contributed by atoms with Crippen LogP contribution >= 0.6 is 0 Å². The van der Waals surface area contributed by atoms with Crippen molar-refractivity contribution >= 4 is 12.0 Å². The number of aliphatic hydroxyl groups is 1. The van der Waals surface area contributed by atoms with E-state index in [1.54, 1.807) is 11.9 Å². The molecule has 1 aliphatic rings. The van der Waals surface area contributed by atoms with Crippen LogP contribution in [0.3, 0.4) is 0 Å². The molecule has 1 atom stereocenters. The maximum atomic E-state index is 11.9. The normalized spacial score (nSPS) is 23.9. The van der Waals surface area contributed by atoms with Crippen LogP contribution in [0.4, 0.5) is 4.79 Å². The summed E-state index contributed by atoms with van der Waals surface area (Å²) >= 11 is 0.